The number of benzene rings is 1. The average Bonchev–Trinajstić information content (AvgIpc) is 2.97. The molecule has 0 unspecified atom stereocenters. The van der Waals surface area contributed by atoms with Gasteiger partial charge in [-0.25, -0.2) is 4.79 Å². The Labute approximate surface area is 125 Å². The van der Waals surface area contributed by atoms with E-state index >= 15 is 0 Å². The molecule has 0 radical (unpaired) electrons. The van der Waals surface area contributed by atoms with Crippen LogP contribution in [0.4, 0.5) is 0 Å². The summed E-state index contributed by atoms with van der Waals surface area (Å²) in [6.07, 6.45) is 7.70. The minimum atomic E-state index is -0.986. The second-order valence-corrected chi connectivity index (χ2v) is 5.78. The molecule has 1 aromatic carbocycles. The van der Waals surface area contributed by atoms with Gasteiger partial charge in [0.25, 0.3) is 0 Å². The van der Waals surface area contributed by atoms with E-state index < -0.39 is 5.97 Å². The third-order valence-corrected chi connectivity index (χ3v) is 4.18. The van der Waals surface area contributed by atoms with Gasteiger partial charge in [-0.3, -0.25) is 4.79 Å². The molecule has 21 heavy (non-hydrogen) atoms. The van der Waals surface area contributed by atoms with Gasteiger partial charge in [-0.1, -0.05) is 43.9 Å². The van der Waals surface area contributed by atoms with Gasteiger partial charge in [0.05, 0.1) is 12.0 Å². The Balaban J connectivity index is 1.73. The molecule has 0 heterocycles. The molecule has 114 valence electrons. The Kier molecular flexibility index (Phi) is 5.78. The maximum Gasteiger partial charge on any atom is 0.335 e. The number of carboxylic acids is 1. The highest BCUT2D eigenvalue weighted by molar-refractivity contribution is 5.91. The summed E-state index contributed by atoms with van der Waals surface area (Å²) in [5.41, 5.74) is 0.775. The lowest BCUT2D eigenvalue weighted by Crippen LogP contribution is -2.27. The molecule has 0 aliphatic heterocycles. The van der Waals surface area contributed by atoms with Crippen LogP contribution >= 0.6 is 0 Å². The predicted octanol–water partition coefficient (Wildman–Crippen LogP) is 3.01. The Morgan fingerprint density at radius 2 is 1.90 bits per heavy atom. The van der Waals surface area contributed by atoms with Crippen molar-refractivity contribution in [1.82, 2.24) is 5.32 Å². The van der Waals surface area contributed by atoms with Gasteiger partial charge in [-0.2, -0.15) is 0 Å². The first-order chi connectivity index (χ1) is 10.2. The molecule has 1 aromatic rings. The van der Waals surface area contributed by atoms with E-state index in [1.807, 2.05) is 0 Å². The summed E-state index contributed by atoms with van der Waals surface area (Å²) in [7, 11) is 0. The quantitative estimate of drug-likeness (QED) is 0.758. The van der Waals surface area contributed by atoms with E-state index in [4.69, 9.17) is 5.11 Å². The van der Waals surface area contributed by atoms with Crippen LogP contribution in [0.5, 0.6) is 0 Å². The molecule has 1 fully saturated rings. The molecule has 1 amide bonds. The van der Waals surface area contributed by atoms with Crippen molar-refractivity contribution in [1.29, 1.82) is 0 Å². The highest BCUT2D eigenvalue weighted by Gasteiger charge is 2.15. The van der Waals surface area contributed by atoms with Crippen molar-refractivity contribution >= 4 is 11.9 Å². The van der Waals surface area contributed by atoms with Crippen molar-refractivity contribution in [3.8, 4) is 0 Å². The number of carbonyl (C=O) groups excluding carboxylic acids is 1. The van der Waals surface area contributed by atoms with Gasteiger partial charge in [0.2, 0.25) is 5.91 Å². The van der Waals surface area contributed by atoms with E-state index in [0.717, 1.165) is 12.3 Å². The molecular formula is C17H23NO3. The Morgan fingerprint density at radius 1 is 1.19 bits per heavy atom. The summed E-state index contributed by atoms with van der Waals surface area (Å²) in [5, 5.41) is 12.0. The first-order valence-corrected chi connectivity index (χ1v) is 7.74. The van der Waals surface area contributed by atoms with Crippen molar-refractivity contribution in [2.24, 2.45) is 5.92 Å². The zero-order valence-corrected chi connectivity index (χ0v) is 12.3. The minimum absolute atomic E-state index is 0.102. The largest absolute Gasteiger partial charge is 0.478 e. The summed E-state index contributed by atoms with van der Waals surface area (Å²) >= 11 is 0. The molecule has 2 N–H and O–H groups in total. The van der Waals surface area contributed by atoms with Gasteiger partial charge < -0.3 is 10.4 Å². The van der Waals surface area contributed by atoms with Gasteiger partial charge in [-0.15, -0.1) is 0 Å². The summed E-state index contributed by atoms with van der Waals surface area (Å²) in [6.45, 7) is 0.685. The molecule has 2 rings (SSSR count). The van der Waals surface area contributed by atoms with Crippen LogP contribution in [0.2, 0.25) is 0 Å². The zero-order valence-electron chi connectivity index (χ0n) is 12.3. The van der Waals surface area contributed by atoms with E-state index in [-0.39, 0.29) is 17.9 Å². The fourth-order valence-electron chi connectivity index (χ4n) is 3.04. The Hall–Kier alpha value is -1.84. The van der Waals surface area contributed by atoms with E-state index in [1.54, 1.807) is 18.2 Å². The average molecular weight is 289 g/mol. The third kappa shape index (κ3) is 4.88. The van der Waals surface area contributed by atoms with Crippen molar-refractivity contribution in [3.05, 3.63) is 35.4 Å². The van der Waals surface area contributed by atoms with Gasteiger partial charge in [-0.05, 0) is 30.4 Å². The zero-order chi connectivity index (χ0) is 15.1. The van der Waals surface area contributed by atoms with E-state index in [2.05, 4.69) is 5.32 Å². The lowest BCUT2D eigenvalue weighted by molar-refractivity contribution is -0.120. The highest BCUT2D eigenvalue weighted by atomic mass is 16.4. The summed E-state index contributed by atoms with van der Waals surface area (Å²) in [4.78, 5) is 23.0. The molecule has 1 aliphatic carbocycles. The number of carboxylic acid groups (broad SMARTS) is 1. The monoisotopic (exact) mass is 289 g/mol. The van der Waals surface area contributed by atoms with Crippen LogP contribution < -0.4 is 5.32 Å². The number of nitrogens with one attached hydrogen (secondary N) is 1. The SMILES string of the molecule is O=C(Cc1ccccc1C(=O)O)NCCCC1CCCC1. The number of hydrogen-bond acceptors (Lipinski definition) is 2. The van der Waals surface area contributed by atoms with Gasteiger partial charge >= 0.3 is 5.97 Å². The Bertz CT molecular complexity index is 493. The molecule has 4 heteroatoms. The third-order valence-electron chi connectivity index (χ3n) is 4.18. The van der Waals surface area contributed by atoms with E-state index in [9.17, 15) is 9.59 Å². The van der Waals surface area contributed by atoms with Crippen LogP contribution in [0.25, 0.3) is 0 Å². The van der Waals surface area contributed by atoms with Crippen molar-refractivity contribution in [2.45, 2.75) is 44.9 Å². The number of amides is 1. The van der Waals surface area contributed by atoms with E-state index in [1.165, 1.54) is 38.2 Å². The van der Waals surface area contributed by atoms with Gasteiger partial charge in [0.15, 0.2) is 0 Å². The molecule has 0 saturated heterocycles. The lowest BCUT2D eigenvalue weighted by atomic mass is 10.0. The van der Waals surface area contributed by atoms with Crippen LogP contribution in [0.15, 0.2) is 24.3 Å². The first kappa shape index (κ1) is 15.5. The smallest absolute Gasteiger partial charge is 0.335 e. The maximum atomic E-state index is 11.9. The van der Waals surface area contributed by atoms with Crippen LogP contribution in [0.1, 0.15) is 54.4 Å². The van der Waals surface area contributed by atoms with Crippen LogP contribution in [-0.2, 0) is 11.2 Å². The van der Waals surface area contributed by atoms with Crippen molar-refractivity contribution < 1.29 is 14.7 Å². The predicted molar refractivity (Wildman–Crippen MR) is 81.3 cm³/mol. The normalized spacial score (nSPS) is 15.0. The molecule has 0 bridgehead atoms. The fraction of sp³-hybridized carbons (Fsp3) is 0.529. The number of carbonyl (C=O) groups is 2. The second-order valence-electron chi connectivity index (χ2n) is 5.78. The van der Waals surface area contributed by atoms with Crippen molar-refractivity contribution in [3.63, 3.8) is 0 Å². The first-order valence-electron chi connectivity index (χ1n) is 7.74. The second kappa shape index (κ2) is 7.81. The number of hydrogen-bond donors (Lipinski definition) is 2. The van der Waals surface area contributed by atoms with E-state index in [0.29, 0.717) is 12.1 Å². The number of rotatable bonds is 7. The standard InChI is InChI=1S/C17H23NO3/c19-16(18-11-5-8-13-6-1-2-7-13)12-14-9-3-4-10-15(14)17(20)21/h3-4,9-10,13H,1-2,5-8,11-12H2,(H,18,19)(H,20,21). The fourth-order valence-corrected chi connectivity index (χ4v) is 3.04. The Morgan fingerprint density at radius 3 is 2.62 bits per heavy atom. The topological polar surface area (TPSA) is 66.4 Å². The summed E-state index contributed by atoms with van der Waals surface area (Å²) in [5.74, 6) is -0.246. The molecule has 0 spiro atoms. The van der Waals surface area contributed by atoms with Crippen LogP contribution in [-0.4, -0.2) is 23.5 Å². The molecule has 1 aliphatic rings. The van der Waals surface area contributed by atoms with Gasteiger partial charge in [0.1, 0.15) is 0 Å². The molecule has 1 saturated carbocycles. The molecule has 0 aromatic heterocycles. The van der Waals surface area contributed by atoms with Crippen LogP contribution in [0, 0.1) is 5.92 Å². The van der Waals surface area contributed by atoms with Crippen molar-refractivity contribution in [2.75, 3.05) is 6.54 Å². The molecule has 0 atom stereocenters. The number of aromatic carboxylic acids is 1. The minimum Gasteiger partial charge on any atom is -0.478 e. The summed E-state index contributed by atoms with van der Waals surface area (Å²) < 4.78 is 0. The molecular weight excluding hydrogens is 266 g/mol. The molecule has 4 nitrogen and oxygen atoms in total. The summed E-state index contributed by atoms with van der Waals surface area (Å²) in [6, 6.07) is 6.66. The maximum absolute atomic E-state index is 11.9. The van der Waals surface area contributed by atoms with Gasteiger partial charge in [0, 0.05) is 6.54 Å². The highest BCUT2D eigenvalue weighted by Crippen LogP contribution is 2.28. The van der Waals surface area contributed by atoms with Crippen LogP contribution in [0.3, 0.4) is 0 Å². The lowest BCUT2D eigenvalue weighted by Gasteiger charge is -2.10.